The third-order valence-electron chi connectivity index (χ3n) is 4.26. The molecule has 0 amide bonds. The summed E-state index contributed by atoms with van der Waals surface area (Å²) in [4.78, 5) is 21.7. The van der Waals surface area contributed by atoms with E-state index in [1.54, 1.807) is 12.5 Å². The number of anilines is 2. The zero-order chi connectivity index (χ0) is 16.4. The zero-order valence-electron chi connectivity index (χ0n) is 13.2. The minimum absolute atomic E-state index is 0.138. The quantitative estimate of drug-likeness (QED) is 0.777. The molecule has 1 aromatic carbocycles. The molecule has 0 saturated carbocycles. The van der Waals surface area contributed by atoms with Gasteiger partial charge in [-0.05, 0) is 18.2 Å². The van der Waals surface area contributed by atoms with Gasteiger partial charge in [0.1, 0.15) is 24.6 Å². The number of para-hydroxylation sites is 1. The van der Waals surface area contributed by atoms with Gasteiger partial charge in [0, 0.05) is 37.8 Å². The number of aliphatic hydroxyl groups is 1. The Morgan fingerprint density at radius 3 is 2.54 bits per heavy atom. The molecule has 3 heterocycles. The molecule has 4 rings (SSSR count). The van der Waals surface area contributed by atoms with E-state index in [4.69, 9.17) is 0 Å². The summed E-state index contributed by atoms with van der Waals surface area (Å²) in [5.41, 5.74) is 0.966. The van der Waals surface area contributed by atoms with Gasteiger partial charge >= 0.3 is 0 Å². The second kappa shape index (κ2) is 6.37. The Hall–Kier alpha value is -2.80. The maximum absolute atomic E-state index is 9.19. The monoisotopic (exact) mass is 322 g/mol. The average molecular weight is 322 g/mol. The van der Waals surface area contributed by atoms with E-state index in [1.165, 1.54) is 0 Å². The third-order valence-corrected chi connectivity index (χ3v) is 4.26. The van der Waals surface area contributed by atoms with Gasteiger partial charge in [0.25, 0.3) is 0 Å². The summed E-state index contributed by atoms with van der Waals surface area (Å²) < 4.78 is 0. The lowest BCUT2D eigenvalue weighted by Crippen LogP contribution is -2.47. The van der Waals surface area contributed by atoms with Crippen molar-refractivity contribution in [2.45, 2.75) is 6.61 Å². The van der Waals surface area contributed by atoms with Crippen LogP contribution < -0.4 is 9.80 Å². The van der Waals surface area contributed by atoms with Gasteiger partial charge in [-0.25, -0.2) is 19.9 Å². The van der Waals surface area contributed by atoms with E-state index < -0.39 is 0 Å². The summed E-state index contributed by atoms with van der Waals surface area (Å²) in [5, 5.41) is 10.3. The van der Waals surface area contributed by atoms with Crippen LogP contribution >= 0.6 is 0 Å². The van der Waals surface area contributed by atoms with Gasteiger partial charge in [-0.15, -0.1) is 0 Å². The van der Waals surface area contributed by atoms with E-state index in [1.807, 2.05) is 24.3 Å². The van der Waals surface area contributed by atoms with Crippen molar-refractivity contribution in [1.29, 1.82) is 0 Å². The van der Waals surface area contributed by atoms with Gasteiger partial charge in [0.05, 0.1) is 5.52 Å². The van der Waals surface area contributed by atoms with Crippen LogP contribution in [0.15, 0.2) is 42.9 Å². The van der Waals surface area contributed by atoms with Crippen molar-refractivity contribution in [3.63, 3.8) is 0 Å². The molecule has 0 bridgehead atoms. The maximum atomic E-state index is 9.19. The molecule has 1 aliphatic rings. The summed E-state index contributed by atoms with van der Waals surface area (Å²) in [6.07, 6.45) is 3.32. The predicted molar refractivity (Wildman–Crippen MR) is 91.9 cm³/mol. The highest BCUT2D eigenvalue weighted by Gasteiger charge is 2.21. The first-order valence-electron chi connectivity index (χ1n) is 7.97. The topological polar surface area (TPSA) is 78.3 Å². The summed E-state index contributed by atoms with van der Waals surface area (Å²) >= 11 is 0. The van der Waals surface area contributed by atoms with Crippen LogP contribution in [0.25, 0.3) is 10.9 Å². The number of aromatic nitrogens is 4. The number of fused-ring (bicyclic) bond motifs is 1. The zero-order valence-corrected chi connectivity index (χ0v) is 13.2. The molecule has 1 saturated heterocycles. The summed E-state index contributed by atoms with van der Waals surface area (Å²) in [6, 6.07) is 9.96. The molecule has 7 heteroatoms. The molecule has 0 spiro atoms. The fourth-order valence-corrected chi connectivity index (χ4v) is 3.03. The Morgan fingerprint density at radius 1 is 0.917 bits per heavy atom. The first-order chi connectivity index (χ1) is 11.8. The SMILES string of the molecule is OCc1nccc(N2CCN(c3ncnc4ccccc34)CC2)n1. The van der Waals surface area contributed by atoms with Crippen molar-refractivity contribution < 1.29 is 5.11 Å². The average Bonchev–Trinajstić information content (AvgIpc) is 2.68. The van der Waals surface area contributed by atoms with Crippen LogP contribution in [-0.4, -0.2) is 51.2 Å². The van der Waals surface area contributed by atoms with Crippen molar-refractivity contribution in [3.8, 4) is 0 Å². The van der Waals surface area contributed by atoms with Crippen molar-refractivity contribution in [3.05, 3.63) is 48.7 Å². The molecule has 24 heavy (non-hydrogen) atoms. The third kappa shape index (κ3) is 2.74. The molecule has 0 unspecified atom stereocenters. The van der Waals surface area contributed by atoms with Crippen LogP contribution in [0.1, 0.15) is 5.82 Å². The number of hydrogen-bond donors (Lipinski definition) is 1. The fourth-order valence-electron chi connectivity index (χ4n) is 3.03. The summed E-state index contributed by atoms with van der Waals surface area (Å²) in [5.74, 6) is 2.30. The number of benzene rings is 1. The van der Waals surface area contributed by atoms with Crippen molar-refractivity contribution in [2.24, 2.45) is 0 Å². The van der Waals surface area contributed by atoms with Crippen LogP contribution in [-0.2, 0) is 6.61 Å². The van der Waals surface area contributed by atoms with E-state index in [0.29, 0.717) is 5.82 Å². The van der Waals surface area contributed by atoms with Crippen molar-refractivity contribution in [1.82, 2.24) is 19.9 Å². The molecule has 1 aliphatic heterocycles. The molecule has 0 radical (unpaired) electrons. The summed E-state index contributed by atoms with van der Waals surface area (Å²) in [6.45, 7) is 3.28. The normalized spacial score (nSPS) is 15.0. The van der Waals surface area contributed by atoms with Crippen molar-refractivity contribution in [2.75, 3.05) is 36.0 Å². The second-order valence-electron chi connectivity index (χ2n) is 5.68. The van der Waals surface area contributed by atoms with Crippen LogP contribution in [0.2, 0.25) is 0 Å². The van der Waals surface area contributed by atoms with Crippen molar-refractivity contribution >= 4 is 22.5 Å². The van der Waals surface area contributed by atoms with Gasteiger partial charge in [-0.1, -0.05) is 12.1 Å². The van der Waals surface area contributed by atoms with Gasteiger partial charge < -0.3 is 14.9 Å². The van der Waals surface area contributed by atoms with Gasteiger partial charge in [0.15, 0.2) is 5.82 Å². The van der Waals surface area contributed by atoms with Gasteiger partial charge in [-0.2, -0.15) is 0 Å². The van der Waals surface area contributed by atoms with Crippen LogP contribution in [0, 0.1) is 0 Å². The number of rotatable bonds is 3. The summed E-state index contributed by atoms with van der Waals surface area (Å²) in [7, 11) is 0. The number of piperazine rings is 1. The first kappa shape index (κ1) is 14.8. The number of hydrogen-bond acceptors (Lipinski definition) is 7. The maximum Gasteiger partial charge on any atom is 0.156 e. The largest absolute Gasteiger partial charge is 0.388 e. The Bertz CT molecular complexity index is 842. The Labute approximate surface area is 139 Å². The Kier molecular flexibility index (Phi) is 3.92. The smallest absolute Gasteiger partial charge is 0.156 e. The predicted octanol–water partition coefficient (Wildman–Crippen LogP) is 1.24. The molecule has 0 atom stereocenters. The van der Waals surface area contributed by atoms with E-state index >= 15 is 0 Å². The molecular formula is C17H18N6O. The van der Waals surface area contributed by atoms with E-state index in [0.717, 1.165) is 48.7 Å². The minimum Gasteiger partial charge on any atom is -0.388 e. The van der Waals surface area contributed by atoms with Gasteiger partial charge in [0.2, 0.25) is 0 Å². The number of aliphatic hydroxyl groups excluding tert-OH is 1. The lowest BCUT2D eigenvalue weighted by Gasteiger charge is -2.36. The van der Waals surface area contributed by atoms with E-state index in [-0.39, 0.29) is 6.61 Å². The molecular weight excluding hydrogens is 304 g/mol. The number of nitrogens with zero attached hydrogens (tertiary/aromatic N) is 6. The molecule has 122 valence electrons. The molecule has 0 aliphatic carbocycles. The standard InChI is InChI=1S/C17H18N6O/c24-11-15-18-6-5-16(21-15)22-7-9-23(10-8-22)17-13-3-1-2-4-14(13)19-12-20-17/h1-6,12,24H,7-11H2. The van der Waals surface area contributed by atoms with E-state index in [2.05, 4.69) is 35.8 Å². The van der Waals surface area contributed by atoms with Crippen LogP contribution in [0.4, 0.5) is 11.6 Å². The van der Waals surface area contributed by atoms with Gasteiger partial charge in [-0.3, -0.25) is 0 Å². The second-order valence-corrected chi connectivity index (χ2v) is 5.68. The molecule has 7 nitrogen and oxygen atoms in total. The highest BCUT2D eigenvalue weighted by molar-refractivity contribution is 5.89. The molecule has 2 aromatic heterocycles. The van der Waals surface area contributed by atoms with Crippen LogP contribution in [0.5, 0.6) is 0 Å². The lowest BCUT2D eigenvalue weighted by molar-refractivity contribution is 0.271. The fraction of sp³-hybridized carbons (Fsp3) is 0.294. The first-order valence-corrected chi connectivity index (χ1v) is 7.97. The minimum atomic E-state index is -0.138. The Morgan fingerprint density at radius 2 is 1.71 bits per heavy atom. The molecule has 3 aromatic rings. The molecule has 1 N–H and O–H groups in total. The van der Waals surface area contributed by atoms with E-state index in [9.17, 15) is 5.11 Å². The Balaban J connectivity index is 1.53. The highest BCUT2D eigenvalue weighted by atomic mass is 16.3. The van der Waals surface area contributed by atoms with Crippen LogP contribution in [0.3, 0.4) is 0 Å². The molecule has 1 fully saturated rings. The lowest BCUT2D eigenvalue weighted by atomic mass is 10.2. The highest BCUT2D eigenvalue weighted by Crippen LogP contribution is 2.24.